The molecular weight excluding hydrogens is 360 g/mol. The van der Waals surface area contributed by atoms with E-state index in [4.69, 9.17) is 0 Å². The van der Waals surface area contributed by atoms with Gasteiger partial charge in [0, 0.05) is 19.5 Å². The molecule has 0 aliphatic carbocycles. The van der Waals surface area contributed by atoms with E-state index in [2.05, 4.69) is 18.3 Å². The molecule has 1 N–H and O–H groups in total. The molecule has 0 saturated heterocycles. The largest absolute Gasteiger partial charge is 0.354 e. The lowest BCUT2D eigenvalue weighted by atomic mass is 10.1. The molecule has 2 aromatic rings. The van der Waals surface area contributed by atoms with Gasteiger partial charge in [0.15, 0.2) is 0 Å². The number of carbonyl (C=O) groups excluding carboxylic acids is 2. The van der Waals surface area contributed by atoms with Crippen molar-refractivity contribution in [3.63, 3.8) is 0 Å². The summed E-state index contributed by atoms with van der Waals surface area (Å²) in [6.45, 7) is 7.22. The van der Waals surface area contributed by atoms with Crippen molar-refractivity contribution in [1.29, 1.82) is 0 Å². The zero-order valence-electron chi connectivity index (χ0n) is 18.0. The van der Waals surface area contributed by atoms with E-state index in [0.29, 0.717) is 32.4 Å². The lowest BCUT2D eigenvalue weighted by Crippen LogP contribution is -2.49. The highest BCUT2D eigenvalue weighted by Gasteiger charge is 2.28. The van der Waals surface area contributed by atoms with Gasteiger partial charge in [-0.1, -0.05) is 80.4 Å². The molecule has 2 rings (SSSR count). The van der Waals surface area contributed by atoms with Crippen molar-refractivity contribution in [3.05, 3.63) is 71.3 Å². The first-order valence-electron chi connectivity index (χ1n) is 10.7. The van der Waals surface area contributed by atoms with Crippen molar-refractivity contribution in [2.75, 3.05) is 6.54 Å². The Kier molecular flexibility index (Phi) is 9.42. The number of nitrogens with zero attached hydrogens (tertiary/aromatic N) is 1. The standard InChI is InChI=1S/C25H34N2O2/c1-4-6-17-26-25(29)23(5-2)27(19-22-14-10-11-20(3)18-22)24(28)16-15-21-12-8-7-9-13-21/h7-14,18,23H,4-6,15-17,19H2,1-3H3,(H,26,29)/t23-/m1/s1. The van der Waals surface area contributed by atoms with Crippen LogP contribution in [0, 0.1) is 6.92 Å². The number of aryl methyl sites for hydroxylation is 2. The molecule has 2 amide bonds. The van der Waals surface area contributed by atoms with Crippen LogP contribution in [0.5, 0.6) is 0 Å². The molecule has 2 aromatic carbocycles. The van der Waals surface area contributed by atoms with Gasteiger partial charge in [-0.25, -0.2) is 0 Å². The number of unbranched alkanes of at least 4 members (excludes halogenated alkanes) is 1. The van der Waals surface area contributed by atoms with Crippen LogP contribution in [-0.4, -0.2) is 29.3 Å². The van der Waals surface area contributed by atoms with Gasteiger partial charge in [-0.3, -0.25) is 9.59 Å². The Morgan fingerprint density at radius 2 is 1.72 bits per heavy atom. The van der Waals surface area contributed by atoms with Crippen molar-refractivity contribution in [3.8, 4) is 0 Å². The van der Waals surface area contributed by atoms with Crippen LogP contribution in [0.1, 0.15) is 56.2 Å². The Balaban J connectivity index is 2.16. The van der Waals surface area contributed by atoms with Crippen molar-refractivity contribution in [2.24, 2.45) is 0 Å². The smallest absolute Gasteiger partial charge is 0.242 e. The minimum Gasteiger partial charge on any atom is -0.354 e. The Labute approximate surface area is 175 Å². The molecule has 0 spiro atoms. The number of nitrogens with one attached hydrogen (secondary N) is 1. The van der Waals surface area contributed by atoms with Gasteiger partial charge in [0.25, 0.3) is 0 Å². The number of rotatable bonds is 11. The third-order valence-electron chi connectivity index (χ3n) is 5.12. The van der Waals surface area contributed by atoms with Crippen LogP contribution in [-0.2, 0) is 22.6 Å². The van der Waals surface area contributed by atoms with Crippen molar-refractivity contribution >= 4 is 11.8 Å². The second-order valence-corrected chi connectivity index (χ2v) is 7.56. The van der Waals surface area contributed by atoms with Crippen LogP contribution in [0.25, 0.3) is 0 Å². The summed E-state index contributed by atoms with van der Waals surface area (Å²) >= 11 is 0. The highest BCUT2D eigenvalue weighted by Crippen LogP contribution is 2.16. The molecule has 1 atom stereocenters. The fourth-order valence-corrected chi connectivity index (χ4v) is 3.47. The average molecular weight is 395 g/mol. The topological polar surface area (TPSA) is 49.4 Å². The minimum absolute atomic E-state index is 0.0212. The minimum atomic E-state index is -0.448. The average Bonchev–Trinajstić information content (AvgIpc) is 2.73. The first-order chi connectivity index (χ1) is 14.0. The summed E-state index contributed by atoms with van der Waals surface area (Å²) in [5.41, 5.74) is 3.34. The molecule has 4 nitrogen and oxygen atoms in total. The second kappa shape index (κ2) is 12.1. The summed E-state index contributed by atoms with van der Waals surface area (Å²) in [7, 11) is 0. The Morgan fingerprint density at radius 3 is 2.38 bits per heavy atom. The predicted octanol–water partition coefficient (Wildman–Crippen LogP) is 4.65. The van der Waals surface area contributed by atoms with Crippen LogP contribution >= 0.6 is 0 Å². The van der Waals surface area contributed by atoms with Gasteiger partial charge in [-0.2, -0.15) is 0 Å². The summed E-state index contributed by atoms with van der Waals surface area (Å²) in [5.74, 6) is -0.0329. The van der Waals surface area contributed by atoms with Crippen molar-refractivity contribution < 1.29 is 9.59 Å². The summed E-state index contributed by atoms with van der Waals surface area (Å²) in [5, 5.41) is 3.01. The third-order valence-corrected chi connectivity index (χ3v) is 5.12. The highest BCUT2D eigenvalue weighted by molar-refractivity contribution is 5.87. The molecule has 0 aliphatic heterocycles. The Hall–Kier alpha value is -2.62. The maximum atomic E-state index is 13.2. The lowest BCUT2D eigenvalue weighted by molar-refractivity contribution is -0.141. The number of hydrogen-bond donors (Lipinski definition) is 1. The van der Waals surface area contributed by atoms with E-state index in [0.717, 1.165) is 29.5 Å². The molecule has 0 aliphatic rings. The molecule has 4 heteroatoms. The molecule has 156 valence electrons. The van der Waals surface area contributed by atoms with E-state index in [9.17, 15) is 9.59 Å². The molecular formula is C25H34N2O2. The normalized spacial score (nSPS) is 11.7. The van der Waals surface area contributed by atoms with Gasteiger partial charge >= 0.3 is 0 Å². The quantitative estimate of drug-likeness (QED) is 0.564. The Bertz CT molecular complexity index is 773. The molecule has 29 heavy (non-hydrogen) atoms. The van der Waals surface area contributed by atoms with Crippen molar-refractivity contribution in [1.82, 2.24) is 10.2 Å². The van der Waals surface area contributed by atoms with Crippen LogP contribution in [0.2, 0.25) is 0 Å². The lowest BCUT2D eigenvalue weighted by Gasteiger charge is -2.31. The zero-order chi connectivity index (χ0) is 21.1. The van der Waals surface area contributed by atoms with Gasteiger partial charge in [0.05, 0.1) is 0 Å². The predicted molar refractivity (Wildman–Crippen MR) is 118 cm³/mol. The summed E-state index contributed by atoms with van der Waals surface area (Å²) in [4.78, 5) is 27.8. The molecule has 0 unspecified atom stereocenters. The molecule has 0 radical (unpaired) electrons. The van der Waals surface area contributed by atoms with Crippen LogP contribution in [0.15, 0.2) is 54.6 Å². The first kappa shape index (κ1) is 22.7. The summed E-state index contributed by atoms with van der Waals surface area (Å²) in [6.07, 6.45) is 3.65. The molecule has 0 saturated carbocycles. The summed E-state index contributed by atoms with van der Waals surface area (Å²) < 4.78 is 0. The molecule has 0 fully saturated rings. The second-order valence-electron chi connectivity index (χ2n) is 7.56. The maximum Gasteiger partial charge on any atom is 0.242 e. The van der Waals surface area contributed by atoms with Gasteiger partial charge in [-0.05, 0) is 37.3 Å². The number of carbonyl (C=O) groups is 2. The van der Waals surface area contributed by atoms with E-state index in [1.807, 2.05) is 62.4 Å². The molecule has 0 bridgehead atoms. The van der Waals surface area contributed by atoms with Gasteiger partial charge in [0.2, 0.25) is 11.8 Å². The van der Waals surface area contributed by atoms with E-state index in [1.54, 1.807) is 4.90 Å². The number of benzene rings is 2. The SMILES string of the molecule is CCCCNC(=O)[C@@H](CC)N(Cc1cccc(C)c1)C(=O)CCc1ccccc1. The van der Waals surface area contributed by atoms with Crippen molar-refractivity contribution in [2.45, 2.75) is 65.5 Å². The van der Waals surface area contributed by atoms with Gasteiger partial charge < -0.3 is 10.2 Å². The monoisotopic (exact) mass is 394 g/mol. The molecule has 0 aromatic heterocycles. The fraction of sp³-hybridized carbons (Fsp3) is 0.440. The van der Waals surface area contributed by atoms with E-state index in [-0.39, 0.29) is 11.8 Å². The number of amides is 2. The highest BCUT2D eigenvalue weighted by atomic mass is 16.2. The van der Waals surface area contributed by atoms with Crippen LogP contribution in [0.3, 0.4) is 0 Å². The van der Waals surface area contributed by atoms with E-state index >= 15 is 0 Å². The number of hydrogen-bond acceptors (Lipinski definition) is 2. The fourth-order valence-electron chi connectivity index (χ4n) is 3.47. The third kappa shape index (κ3) is 7.37. The van der Waals surface area contributed by atoms with E-state index < -0.39 is 6.04 Å². The zero-order valence-corrected chi connectivity index (χ0v) is 18.0. The van der Waals surface area contributed by atoms with Crippen LogP contribution in [0.4, 0.5) is 0 Å². The van der Waals surface area contributed by atoms with E-state index in [1.165, 1.54) is 0 Å². The maximum absolute atomic E-state index is 13.2. The summed E-state index contributed by atoms with van der Waals surface area (Å²) in [6, 6.07) is 17.7. The van der Waals surface area contributed by atoms with Gasteiger partial charge in [0.1, 0.15) is 6.04 Å². The molecule has 0 heterocycles. The Morgan fingerprint density at radius 1 is 1.00 bits per heavy atom. The van der Waals surface area contributed by atoms with Gasteiger partial charge in [-0.15, -0.1) is 0 Å². The first-order valence-corrected chi connectivity index (χ1v) is 10.7. The van der Waals surface area contributed by atoms with Crippen LogP contribution < -0.4 is 5.32 Å².